The summed E-state index contributed by atoms with van der Waals surface area (Å²) in [7, 11) is 0. The van der Waals surface area contributed by atoms with Crippen LogP contribution in [-0.2, 0) is 47.4 Å². The zero-order valence-corrected chi connectivity index (χ0v) is 43.6. The van der Waals surface area contributed by atoms with Gasteiger partial charge in [0.15, 0.2) is 25.2 Å². The van der Waals surface area contributed by atoms with Crippen molar-refractivity contribution in [2.75, 3.05) is 52.9 Å². The average molecular weight is 1090 g/mol. The molecule has 6 rings (SSSR count). The number of rotatable bonds is 32. The zero-order valence-electron chi connectivity index (χ0n) is 43.6. The first-order valence-corrected chi connectivity index (χ1v) is 27.8. The van der Waals surface area contributed by atoms with Crippen LogP contribution < -0.4 is 0 Å². The summed E-state index contributed by atoms with van der Waals surface area (Å²) in [4.78, 5) is 0. The van der Waals surface area contributed by atoms with E-state index in [9.17, 15) is 71.5 Å². The summed E-state index contributed by atoms with van der Waals surface area (Å²) >= 11 is 0. The van der Waals surface area contributed by atoms with Gasteiger partial charge in [0, 0.05) is 13.2 Å². The Hall–Kier alpha value is -0.960. The highest BCUT2D eigenvalue weighted by Gasteiger charge is 2.63. The molecule has 4 saturated heterocycles. The smallest absolute Gasteiger partial charge is 0.187 e. The summed E-state index contributed by atoms with van der Waals surface area (Å²) in [5, 5.41) is 150. The van der Waals surface area contributed by atoms with Crippen molar-refractivity contribution in [3.63, 3.8) is 0 Å². The Kier molecular flexibility index (Phi) is 26.4. The van der Waals surface area contributed by atoms with E-state index in [4.69, 9.17) is 47.4 Å². The number of fused-ring (bicyclic) bond motifs is 2. The van der Waals surface area contributed by atoms with E-state index < -0.39 is 173 Å². The molecule has 2 bridgehead atoms. The van der Waals surface area contributed by atoms with E-state index in [0.717, 1.165) is 64.2 Å². The molecular formula is C51H92O24. The summed E-state index contributed by atoms with van der Waals surface area (Å²) in [6.45, 7) is 2.84. The molecule has 75 heavy (non-hydrogen) atoms. The molecule has 4 heterocycles. The third-order valence-electron chi connectivity index (χ3n) is 16.3. The third kappa shape index (κ3) is 15.7. The molecule has 6 fully saturated rings. The van der Waals surface area contributed by atoms with Gasteiger partial charge in [-0.1, -0.05) is 90.9 Å². The van der Waals surface area contributed by atoms with E-state index in [-0.39, 0.29) is 11.8 Å². The molecule has 0 radical (unpaired) electrons. The second kappa shape index (κ2) is 31.3. The number of hydrogen-bond acceptors (Lipinski definition) is 24. The number of ether oxygens (including phenoxy) is 10. The summed E-state index contributed by atoms with van der Waals surface area (Å²) in [6, 6.07) is 0. The highest BCUT2D eigenvalue weighted by molar-refractivity contribution is 5.09. The fourth-order valence-electron chi connectivity index (χ4n) is 11.8. The Balaban J connectivity index is 1.22. The van der Waals surface area contributed by atoms with Gasteiger partial charge in [-0.25, -0.2) is 0 Å². The standard InChI is InChI=1S/C51H92O24/c1-3-5-7-9-11-13-15-17-66-24-28-26-19-27(29(28)25-67-18-16-14-12-10-8-6-4-2)45(73-51-43(65)39(61)47(33(23-55)71-51)75-49-41(63)37(59)35(57)31(21-53)69-49)44(26)72-50-42(64)38(60)46(32(22-54)70-50)74-48-40(62)36(58)34(56)30(20-52)68-48/h26-65H,3-25H2,1-2H3/t26-,27?,28?,29?,30?,31?,32?,33?,34+,35+,36-,37-,38+,39+,40?,41?,42?,43?,44+,45?,46+,47+,48+,49+,50-,51-/m0/s1. The highest BCUT2D eigenvalue weighted by atomic mass is 16.8. The number of unbranched alkanes of at least 4 members (excludes halogenated alkanes) is 12. The summed E-state index contributed by atoms with van der Waals surface area (Å²) in [5.41, 5.74) is 0. The van der Waals surface area contributed by atoms with Crippen molar-refractivity contribution in [2.45, 2.75) is 245 Å². The van der Waals surface area contributed by atoms with E-state index in [1.807, 2.05) is 0 Å². The monoisotopic (exact) mass is 1090 g/mol. The first-order valence-electron chi connectivity index (χ1n) is 27.8. The molecule has 2 aliphatic carbocycles. The van der Waals surface area contributed by atoms with Crippen LogP contribution in [-0.4, -0.2) is 259 Å². The van der Waals surface area contributed by atoms with E-state index >= 15 is 0 Å². The molecule has 0 aromatic carbocycles. The normalized spacial score (nSPS) is 44.2. The van der Waals surface area contributed by atoms with Crippen molar-refractivity contribution in [3.05, 3.63) is 0 Å². The topological polar surface area (TPSA) is 376 Å². The molecule has 440 valence electrons. The van der Waals surface area contributed by atoms with Crippen LogP contribution in [0.1, 0.15) is 110 Å². The predicted octanol–water partition coefficient (Wildman–Crippen LogP) is -2.58. The van der Waals surface area contributed by atoms with Gasteiger partial charge in [-0.3, -0.25) is 0 Å². The van der Waals surface area contributed by atoms with Crippen LogP contribution in [0.25, 0.3) is 0 Å². The van der Waals surface area contributed by atoms with Gasteiger partial charge in [-0.2, -0.15) is 0 Å². The predicted molar refractivity (Wildman–Crippen MR) is 259 cm³/mol. The van der Waals surface area contributed by atoms with Gasteiger partial charge in [0.05, 0.1) is 51.8 Å². The lowest BCUT2D eigenvalue weighted by Crippen LogP contribution is -2.66. The van der Waals surface area contributed by atoms with Crippen molar-refractivity contribution in [1.82, 2.24) is 0 Å². The summed E-state index contributed by atoms with van der Waals surface area (Å²) in [5.74, 6) is -1.20. The minimum atomic E-state index is -1.90. The van der Waals surface area contributed by atoms with Gasteiger partial charge in [0.1, 0.15) is 97.7 Å². The van der Waals surface area contributed by atoms with Crippen molar-refractivity contribution in [2.24, 2.45) is 23.7 Å². The Bertz CT molecular complexity index is 1460. The van der Waals surface area contributed by atoms with Gasteiger partial charge in [-0.15, -0.1) is 0 Å². The lowest BCUT2D eigenvalue weighted by Gasteiger charge is -2.49. The molecular weight excluding hydrogens is 997 g/mol. The van der Waals surface area contributed by atoms with Crippen LogP contribution in [0.15, 0.2) is 0 Å². The van der Waals surface area contributed by atoms with Crippen LogP contribution in [0.4, 0.5) is 0 Å². The molecule has 4 aliphatic heterocycles. The molecule has 0 aromatic rings. The third-order valence-corrected chi connectivity index (χ3v) is 16.3. The molecule has 6 aliphatic rings. The molecule has 14 N–H and O–H groups in total. The van der Waals surface area contributed by atoms with Crippen molar-refractivity contribution < 1.29 is 119 Å². The Morgan fingerprint density at radius 2 is 0.627 bits per heavy atom. The number of hydrogen-bond donors (Lipinski definition) is 14. The van der Waals surface area contributed by atoms with Crippen molar-refractivity contribution in [1.29, 1.82) is 0 Å². The number of aliphatic hydroxyl groups is 14. The largest absolute Gasteiger partial charge is 0.394 e. The minimum absolute atomic E-state index is 0.204. The average Bonchev–Trinajstić information content (AvgIpc) is 3.94. The van der Waals surface area contributed by atoms with E-state index in [2.05, 4.69) is 13.8 Å². The second-order valence-corrected chi connectivity index (χ2v) is 21.5. The Labute approximate surface area is 439 Å². The van der Waals surface area contributed by atoms with Crippen LogP contribution in [0.3, 0.4) is 0 Å². The quantitative estimate of drug-likeness (QED) is 0.0308. The molecule has 0 spiro atoms. The minimum Gasteiger partial charge on any atom is -0.394 e. The maximum absolute atomic E-state index is 11.7. The van der Waals surface area contributed by atoms with Gasteiger partial charge < -0.3 is 119 Å². The van der Waals surface area contributed by atoms with Gasteiger partial charge in [0.2, 0.25) is 0 Å². The van der Waals surface area contributed by atoms with Crippen LogP contribution in [0, 0.1) is 23.7 Å². The fraction of sp³-hybridized carbons (Fsp3) is 1.00. The van der Waals surface area contributed by atoms with Crippen LogP contribution >= 0.6 is 0 Å². The maximum atomic E-state index is 11.7. The molecule has 0 aromatic heterocycles. The van der Waals surface area contributed by atoms with Crippen LogP contribution in [0.2, 0.25) is 0 Å². The SMILES string of the molecule is CCCCCCCCCOCC1C2C[C@@H](C1COCCCCCCCCC)[C@@H](O[C@@H]1OC(CO)[C@@H](O[C@H]3OC(CO)[C@@H](O)[C@H](O)C3O)[C@H](O)C1O)C2O[C@@H]1OC(CO)[C@@H](O[C@H]2OC(CO)[C@@H](O)[C@H](O)C2O)[C@H](O)C1O. The molecule has 24 heteroatoms. The Morgan fingerprint density at radius 3 is 0.960 bits per heavy atom. The molecule has 24 nitrogen and oxygen atoms in total. The van der Waals surface area contributed by atoms with Crippen molar-refractivity contribution in [3.8, 4) is 0 Å². The first-order chi connectivity index (χ1) is 36.1. The molecule has 2 saturated carbocycles. The van der Waals surface area contributed by atoms with Gasteiger partial charge in [0.25, 0.3) is 0 Å². The lowest BCUT2D eigenvalue weighted by atomic mass is 9.76. The van der Waals surface area contributed by atoms with Crippen molar-refractivity contribution >= 4 is 0 Å². The molecule has 12 unspecified atom stereocenters. The first kappa shape index (κ1) is 63.2. The second-order valence-electron chi connectivity index (χ2n) is 21.5. The summed E-state index contributed by atoms with van der Waals surface area (Å²) in [6.07, 6.45) is -20.3. The summed E-state index contributed by atoms with van der Waals surface area (Å²) < 4.78 is 60.8. The highest BCUT2D eigenvalue weighted by Crippen LogP contribution is 2.56. The van der Waals surface area contributed by atoms with E-state index in [1.165, 1.54) is 25.7 Å². The number of aliphatic hydroxyl groups excluding tert-OH is 14. The van der Waals surface area contributed by atoms with Gasteiger partial charge in [-0.05, 0) is 42.9 Å². The molecule has 26 atom stereocenters. The van der Waals surface area contributed by atoms with Gasteiger partial charge >= 0.3 is 0 Å². The van der Waals surface area contributed by atoms with E-state index in [1.54, 1.807) is 0 Å². The fourth-order valence-corrected chi connectivity index (χ4v) is 11.8. The van der Waals surface area contributed by atoms with E-state index in [0.29, 0.717) is 32.8 Å². The lowest BCUT2D eigenvalue weighted by molar-refractivity contribution is -0.378. The molecule has 0 amide bonds. The Morgan fingerprint density at radius 1 is 0.333 bits per heavy atom. The van der Waals surface area contributed by atoms with Crippen LogP contribution in [0.5, 0.6) is 0 Å². The maximum Gasteiger partial charge on any atom is 0.187 e. The zero-order chi connectivity index (χ0) is 54.3.